The Morgan fingerprint density at radius 1 is 1.20 bits per heavy atom. The van der Waals surface area contributed by atoms with Gasteiger partial charge in [-0.15, -0.1) is 12.4 Å². The van der Waals surface area contributed by atoms with E-state index in [-0.39, 0.29) is 30.9 Å². The first-order valence-corrected chi connectivity index (χ1v) is 6.64. The van der Waals surface area contributed by atoms with Crippen LogP contribution in [0.5, 0.6) is 0 Å². The average Bonchev–Trinajstić information content (AvgIpc) is 2.82. The minimum atomic E-state index is -0.579. The molecule has 0 spiro atoms. The van der Waals surface area contributed by atoms with Crippen LogP contribution in [0.15, 0.2) is 0 Å². The fourth-order valence-corrected chi connectivity index (χ4v) is 2.44. The van der Waals surface area contributed by atoms with Crippen molar-refractivity contribution in [3.8, 4) is 0 Å². The summed E-state index contributed by atoms with van der Waals surface area (Å²) in [5.74, 6) is -1.22. The average molecular weight is 305 g/mol. The van der Waals surface area contributed by atoms with Gasteiger partial charge in [0.2, 0.25) is 5.91 Å². The molecule has 0 radical (unpaired) electrons. The molecule has 2 rings (SSSR count). The summed E-state index contributed by atoms with van der Waals surface area (Å²) in [6, 6.07) is 0.0261. The molecule has 0 aromatic rings. The first kappa shape index (κ1) is 16.7. The number of likely N-dealkylation sites (N-methyl/N-ethyl adjacent to an activating group) is 1. The molecule has 20 heavy (non-hydrogen) atoms. The van der Waals surface area contributed by atoms with Crippen LogP contribution in [0.4, 0.5) is 0 Å². The Hall–Kier alpha value is -1.34. The van der Waals surface area contributed by atoms with E-state index in [4.69, 9.17) is 5.73 Å². The van der Waals surface area contributed by atoms with Crippen molar-refractivity contribution < 1.29 is 14.4 Å². The molecule has 0 aromatic carbocycles. The molecule has 1 atom stereocenters. The number of amides is 3. The van der Waals surface area contributed by atoms with Gasteiger partial charge in [0.15, 0.2) is 0 Å². The molecule has 3 amide bonds. The zero-order valence-electron chi connectivity index (χ0n) is 11.6. The van der Waals surface area contributed by atoms with Gasteiger partial charge in [0.1, 0.15) is 6.54 Å². The highest BCUT2D eigenvalue weighted by Gasteiger charge is 2.34. The second kappa shape index (κ2) is 6.90. The summed E-state index contributed by atoms with van der Waals surface area (Å²) in [6.45, 7) is 4.42. The summed E-state index contributed by atoms with van der Waals surface area (Å²) < 4.78 is 0. The van der Waals surface area contributed by atoms with Crippen LogP contribution in [-0.4, -0.2) is 77.7 Å². The number of carbonyl (C=O) groups excluding carboxylic acids is 3. The molecular formula is C12H21ClN4O3. The number of hydrogen-bond donors (Lipinski definition) is 1. The smallest absolute Gasteiger partial charge is 0.312 e. The topological polar surface area (TPSA) is 86.9 Å². The molecule has 0 unspecified atom stereocenters. The minimum Gasteiger partial charge on any atom is -0.340 e. The lowest BCUT2D eigenvalue weighted by atomic mass is 10.3. The SMILES string of the molecule is CCN1CCN(CC(=O)N2CC[C@@H](N)C2)C(=O)C1=O.Cl. The van der Waals surface area contributed by atoms with Crippen LogP contribution in [-0.2, 0) is 14.4 Å². The molecular weight excluding hydrogens is 284 g/mol. The molecule has 2 saturated heterocycles. The Labute approximate surface area is 124 Å². The third-order valence-corrected chi connectivity index (χ3v) is 3.68. The van der Waals surface area contributed by atoms with Crippen molar-refractivity contribution in [1.82, 2.24) is 14.7 Å². The van der Waals surface area contributed by atoms with Gasteiger partial charge in [0, 0.05) is 38.8 Å². The molecule has 7 nitrogen and oxygen atoms in total. The first-order valence-electron chi connectivity index (χ1n) is 6.64. The van der Waals surface area contributed by atoms with Gasteiger partial charge in [-0.25, -0.2) is 0 Å². The first-order chi connectivity index (χ1) is 9.02. The second-order valence-electron chi connectivity index (χ2n) is 5.00. The highest BCUT2D eigenvalue weighted by molar-refractivity contribution is 6.35. The van der Waals surface area contributed by atoms with Gasteiger partial charge < -0.3 is 20.4 Å². The van der Waals surface area contributed by atoms with Crippen LogP contribution >= 0.6 is 12.4 Å². The Balaban J connectivity index is 0.00000200. The monoisotopic (exact) mass is 304 g/mol. The number of piperazine rings is 1. The van der Waals surface area contributed by atoms with Gasteiger partial charge in [-0.1, -0.05) is 0 Å². The lowest BCUT2D eigenvalue weighted by molar-refractivity contribution is -0.157. The number of likely N-dealkylation sites (tertiary alicyclic amines) is 1. The fourth-order valence-electron chi connectivity index (χ4n) is 2.44. The number of rotatable bonds is 3. The van der Waals surface area contributed by atoms with E-state index in [2.05, 4.69) is 0 Å². The van der Waals surface area contributed by atoms with Gasteiger partial charge in [-0.2, -0.15) is 0 Å². The van der Waals surface area contributed by atoms with Gasteiger partial charge >= 0.3 is 11.8 Å². The molecule has 0 saturated carbocycles. The Bertz CT molecular complexity index is 404. The third-order valence-electron chi connectivity index (χ3n) is 3.68. The quantitative estimate of drug-likeness (QED) is 0.654. The molecule has 2 fully saturated rings. The number of nitrogens with two attached hydrogens (primary N) is 1. The predicted molar refractivity (Wildman–Crippen MR) is 75.3 cm³/mol. The van der Waals surface area contributed by atoms with Crippen molar-refractivity contribution in [3.63, 3.8) is 0 Å². The summed E-state index contributed by atoms with van der Waals surface area (Å²) in [5, 5.41) is 0. The van der Waals surface area contributed by atoms with E-state index in [1.54, 1.807) is 4.90 Å². The normalized spacial score (nSPS) is 23.1. The number of hydrogen-bond acceptors (Lipinski definition) is 4. The summed E-state index contributed by atoms with van der Waals surface area (Å²) >= 11 is 0. The summed E-state index contributed by atoms with van der Waals surface area (Å²) in [4.78, 5) is 40.1. The highest BCUT2D eigenvalue weighted by atomic mass is 35.5. The van der Waals surface area contributed by atoms with Crippen LogP contribution < -0.4 is 5.73 Å². The molecule has 0 bridgehead atoms. The molecule has 2 aliphatic rings. The molecule has 2 N–H and O–H groups in total. The van der Waals surface area contributed by atoms with E-state index in [0.717, 1.165) is 6.42 Å². The van der Waals surface area contributed by atoms with Crippen LogP contribution in [0, 0.1) is 0 Å². The molecule has 0 aromatic heterocycles. The lowest BCUT2D eigenvalue weighted by Crippen LogP contribution is -2.56. The van der Waals surface area contributed by atoms with Gasteiger partial charge in [0.05, 0.1) is 0 Å². The van der Waals surface area contributed by atoms with Crippen molar-refractivity contribution in [2.75, 3.05) is 39.3 Å². The maximum atomic E-state index is 12.0. The largest absolute Gasteiger partial charge is 0.340 e. The van der Waals surface area contributed by atoms with Crippen molar-refractivity contribution in [3.05, 3.63) is 0 Å². The molecule has 2 heterocycles. The Morgan fingerprint density at radius 3 is 2.35 bits per heavy atom. The van der Waals surface area contributed by atoms with Gasteiger partial charge in [-0.3, -0.25) is 14.4 Å². The molecule has 114 valence electrons. The fraction of sp³-hybridized carbons (Fsp3) is 0.750. The van der Waals surface area contributed by atoms with Crippen molar-refractivity contribution in [1.29, 1.82) is 0 Å². The third kappa shape index (κ3) is 3.40. The van der Waals surface area contributed by atoms with Crippen molar-refractivity contribution in [2.24, 2.45) is 5.73 Å². The minimum absolute atomic E-state index is 0. The second-order valence-corrected chi connectivity index (χ2v) is 5.00. The Morgan fingerprint density at radius 2 is 1.80 bits per heavy atom. The maximum Gasteiger partial charge on any atom is 0.312 e. The van der Waals surface area contributed by atoms with Crippen LogP contribution in [0.25, 0.3) is 0 Å². The maximum absolute atomic E-state index is 12.0. The standard InChI is InChI=1S/C12H20N4O3.ClH/c1-2-14-5-6-16(12(19)11(14)18)8-10(17)15-4-3-9(13)7-15;/h9H,2-8,13H2,1H3;1H/t9-;/m1./s1. The van der Waals surface area contributed by atoms with Crippen LogP contribution in [0.3, 0.4) is 0 Å². The molecule has 8 heteroatoms. The van der Waals surface area contributed by atoms with Crippen LogP contribution in [0.1, 0.15) is 13.3 Å². The highest BCUT2D eigenvalue weighted by Crippen LogP contribution is 2.10. The van der Waals surface area contributed by atoms with Gasteiger partial charge in [0.25, 0.3) is 0 Å². The number of carbonyl (C=O) groups is 3. The number of nitrogens with zero attached hydrogens (tertiary/aromatic N) is 3. The molecule has 0 aliphatic carbocycles. The predicted octanol–water partition coefficient (Wildman–Crippen LogP) is -1.34. The summed E-state index contributed by atoms with van der Waals surface area (Å²) in [5.41, 5.74) is 5.75. The summed E-state index contributed by atoms with van der Waals surface area (Å²) in [7, 11) is 0. The van der Waals surface area contributed by atoms with Crippen molar-refractivity contribution in [2.45, 2.75) is 19.4 Å². The Kier molecular flexibility index (Phi) is 5.76. The van der Waals surface area contributed by atoms with Crippen LogP contribution in [0.2, 0.25) is 0 Å². The van der Waals surface area contributed by atoms with E-state index in [9.17, 15) is 14.4 Å². The zero-order valence-corrected chi connectivity index (χ0v) is 12.4. The van der Waals surface area contributed by atoms with E-state index >= 15 is 0 Å². The van der Waals surface area contributed by atoms with E-state index in [1.165, 1.54) is 9.80 Å². The zero-order chi connectivity index (χ0) is 14.0. The molecule has 2 aliphatic heterocycles. The summed E-state index contributed by atoms with van der Waals surface area (Å²) in [6.07, 6.45) is 0.794. The van der Waals surface area contributed by atoms with E-state index < -0.39 is 11.8 Å². The van der Waals surface area contributed by atoms with Gasteiger partial charge in [-0.05, 0) is 13.3 Å². The number of halogens is 1. The van der Waals surface area contributed by atoms with E-state index in [0.29, 0.717) is 32.7 Å². The van der Waals surface area contributed by atoms with E-state index in [1.807, 2.05) is 6.92 Å². The van der Waals surface area contributed by atoms with Crippen molar-refractivity contribution >= 4 is 30.1 Å². The lowest BCUT2D eigenvalue weighted by Gasteiger charge is -2.33.